The summed E-state index contributed by atoms with van der Waals surface area (Å²) in [5, 5.41) is 11.7. The van der Waals surface area contributed by atoms with Gasteiger partial charge in [-0.05, 0) is 5.56 Å². The number of aliphatic hydroxyl groups excluding tert-OH is 1. The number of carbonyl (C=O) groups excluding carboxylic acids is 2. The minimum absolute atomic E-state index is 0.0583. The van der Waals surface area contributed by atoms with E-state index in [4.69, 9.17) is 4.74 Å². The van der Waals surface area contributed by atoms with Crippen LogP contribution in [0.3, 0.4) is 0 Å². The predicted octanol–water partition coefficient (Wildman–Crippen LogP) is 0.849. The monoisotopic (exact) mass is 324 g/mol. The van der Waals surface area contributed by atoms with Crippen LogP contribution >= 0.6 is 11.8 Å². The Kier molecular flexibility index (Phi) is 6.54. The lowest BCUT2D eigenvalue weighted by molar-refractivity contribution is -0.132. The molecule has 1 aliphatic rings. The van der Waals surface area contributed by atoms with E-state index in [2.05, 4.69) is 5.32 Å². The van der Waals surface area contributed by atoms with Crippen LogP contribution in [0, 0.1) is 0 Å². The van der Waals surface area contributed by atoms with Gasteiger partial charge in [0.1, 0.15) is 13.2 Å². The third-order valence-corrected chi connectivity index (χ3v) is 4.45. The van der Waals surface area contributed by atoms with Crippen molar-refractivity contribution in [2.45, 2.75) is 12.6 Å². The first-order valence-electron chi connectivity index (χ1n) is 7.13. The summed E-state index contributed by atoms with van der Waals surface area (Å²) in [4.78, 5) is 25.3. The van der Waals surface area contributed by atoms with Crippen LogP contribution < -0.4 is 5.32 Å². The van der Waals surface area contributed by atoms with E-state index in [-0.39, 0.29) is 31.7 Å². The van der Waals surface area contributed by atoms with Crippen LogP contribution in [0.4, 0.5) is 4.79 Å². The highest BCUT2D eigenvalue weighted by molar-refractivity contribution is 7.99. The molecule has 1 heterocycles. The SMILES string of the molecule is O=C(NCC(=O)N1CCSCC1CO)OCc1ccccc1. The van der Waals surface area contributed by atoms with E-state index in [0.29, 0.717) is 6.54 Å². The third kappa shape index (κ3) is 4.92. The van der Waals surface area contributed by atoms with E-state index in [1.807, 2.05) is 30.3 Å². The van der Waals surface area contributed by atoms with Crippen LogP contribution in [0.15, 0.2) is 30.3 Å². The van der Waals surface area contributed by atoms with Gasteiger partial charge in [0, 0.05) is 18.1 Å². The van der Waals surface area contributed by atoms with Crippen molar-refractivity contribution in [3.05, 3.63) is 35.9 Å². The van der Waals surface area contributed by atoms with Gasteiger partial charge in [0.2, 0.25) is 5.91 Å². The highest BCUT2D eigenvalue weighted by Crippen LogP contribution is 2.15. The van der Waals surface area contributed by atoms with Gasteiger partial charge in [0.15, 0.2) is 0 Å². The number of amides is 2. The summed E-state index contributed by atoms with van der Waals surface area (Å²) < 4.78 is 5.04. The second kappa shape index (κ2) is 8.65. The molecule has 0 radical (unpaired) electrons. The van der Waals surface area contributed by atoms with Gasteiger partial charge >= 0.3 is 6.09 Å². The average molecular weight is 324 g/mol. The highest BCUT2D eigenvalue weighted by atomic mass is 32.2. The van der Waals surface area contributed by atoms with Crippen LogP contribution in [0.2, 0.25) is 0 Å². The zero-order valence-electron chi connectivity index (χ0n) is 12.2. The zero-order valence-corrected chi connectivity index (χ0v) is 13.1. The molecule has 0 aromatic heterocycles. The number of hydrogen-bond acceptors (Lipinski definition) is 5. The number of benzene rings is 1. The Morgan fingerprint density at radius 2 is 2.14 bits per heavy atom. The molecule has 1 unspecified atom stereocenters. The summed E-state index contributed by atoms with van der Waals surface area (Å²) in [6, 6.07) is 9.16. The summed E-state index contributed by atoms with van der Waals surface area (Å²) >= 11 is 1.71. The predicted molar refractivity (Wildman–Crippen MR) is 84.5 cm³/mol. The lowest BCUT2D eigenvalue weighted by atomic mass is 10.2. The highest BCUT2D eigenvalue weighted by Gasteiger charge is 2.26. The Morgan fingerprint density at radius 3 is 2.86 bits per heavy atom. The smallest absolute Gasteiger partial charge is 0.407 e. The van der Waals surface area contributed by atoms with Crippen molar-refractivity contribution in [1.29, 1.82) is 0 Å². The number of carbonyl (C=O) groups is 2. The Bertz CT molecular complexity index is 498. The van der Waals surface area contributed by atoms with E-state index in [1.165, 1.54) is 0 Å². The average Bonchev–Trinajstić information content (AvgIpc) is 2.58. The van der Waals surface area contributed by atoms with Crippen LogP contribution in [0.5, 0.6) is 0 Å². The fraction of sp³-hybridized carbons (Fsp3) is 0.467. The van der Waals surface area contributed by atoms with Gasteiger partial charge in [-0.1, -0.05) is 30.3 Å². The van der Waals surface area contributed by atoms with Crippen molar-refractivity contribution >= 4 is 23.8 Å². The maximum atomic E-state index is 12.1. The molecule has 1 saturated heterocycles. The molecule has 1 fully saturated rings. The quantitative estimate of drug-likeness (QED) is 0.839. The van der Waals surface area contributed by atoms with Gasteiger partial charge in [-0.2, -0.15) is 11.8 Å². The molecule has 0 bridgehead atoms. The van der Waals surface area contributed by atoms with Crippen molar-refractivity contribution in [2.75, 3.05) is 31.2 Å². The maximum absolute atomic E-state index is 12.1. The molecular weight excluding hydrogens is 304 g/mol. The van der Waals surface area contributed by atoms with Crippen LogP contribution in [-0.4, -0.2) is 59.3 Å². The number of hydrogen-bond donors (Lipinski definition) is 2. The summed E-state index contributed by atoms with van der Waals surface area (Å²) in [6.07, 6.45) is -0.621. The Labute approximate surface area is 133 Å². The van der Waals surface area contributed by atoms with Crippen molar-refractivity contribution in [2.24, 2.45) is 0 Å². The summed E-state index contributed by atoms with van der Waals surface area (Å²) in [5.74, 6) is 1.37. The Morgan fingerprint density at radius 1 is 1.36 bits per heavy atom. The molecule has 1 aromatic rings. The van der Waals surface area contributed by atoms with Crippen molar-refractivity contribution in [3.8, 4) is 0 Å². The number of nitrogens with zero attached hydrogens (tertiary/aromatic N) is 1. The normalized spacial score (nSPS) is 17.9. The molecule has 1 aromatic carbocycles. The second-order valence-electron chi connectivity index (χ2n) is 4.91. The molecule has 0 aliphatic carbocycles. The fourth-order valence-corrected chi connectivity index (χ4v) is 3.21. The standard InChI is InChI=1S/C15H20N2O4S/c18-9-13-11-22-7-6-17(13)14(19)8-16-15(20)21-10-12-4-2-1-3-5-12/h1-5,13,18H,6-11H2,(H,16,20). The lowest BCUT2D eigenvalue weighted by Crippen LogP contribution is -2.51. The van der Waals surface area contributed by atoms with Crippen molar-refractivity contribution in [3.63, 3.8) is 0 Å². The van der Waals surface area contributed by atoms with Crippen LogP contribution in [0.1, 0.15) is 5.56 Å². The van der Waals surface area contributed by atoms with E-state index in [0.717, 1.165) is 17.1 Å². The maximum Gasteiger partial charge on any atom is 0.407 e. The van der Waals surface area contributed by atoms with Gasteiger partial charge in [-0.3, -0.25) is 4.79 Å². The largest absolute Gasteiger partial charge is 0.445 e. The molecule has 0 spiro atoms. The molecule has 1 atom stereocenters. The fourth-order valence-electron chi connectivity index (χ4n) is 2.16. The molecule has 2 N–H and O–H groups in total. The molecule has 1 aliphatic heterocycles. The number of nitrogens with one attached hydrogen (secondary N) is 1. The van der Waals surface area contributed by atoms with Gasteiger partial charge in [0.05, 0.1) is 12.6 Å². The van der Waals surface area contributed by atoms with Crippen LogP contribution in [-0.2, 0) is 16.1 Å². The van der Waals surface area contributed by atoms with E-state index >= 15 is 0 Å². The number of rotatable bonds is 5. The first-order chi connectivity index (χ1) is 10.7. The molecule has 2 rings (SSSR count). The minimum atomic E-state index is -0.621. The summed E-state index contributed by atoms with van der Waals surface area (Å²) in [5.41, 5.74) is 0.886. The Balaban J connectivity index is 1.72. The summed E-state index contributed by atoms with van der Waals surface area (Å²) in [6.45, 7) is 0.585. The van der Waals surface area contributed by atoms with Crippen molar-refractivity contribution < 1.29 is 19.4 Å². The molecule has 22 heavy (non-hydrogen) atoms. The number of alkyl carbamates (subject to hydrolysis) is 1. The Hall–Kier alpha value is -1.73. The molecule has 0 saturated carbocycles. The van der Waals surface area contributed by atoms with Gasteiger partial charge < -0.3 is 20.1 Å². The number of thioether (sulfide) groups is 1. The molecular formula is C15H20N2O4S. The van der Waals surface area contributed by atoms with E-state index < -0.39 is 6.09 Å². The number of ether oxygens (including phenoxy) is 1. The second-order valence-corrected chi connectivity index (χ2v) is 6.06. The van der Waals surface area contributed by atoms with E-state index in [9.17, 15) is 14.7 Å². The molecule has 2 amide bonds. The third-order valence-electron chi connectivity index (χ3n) is 3.36. The van der Waals surface area contributed by atoms with Crippen molar-refractivity contribution in [1.82, 2.24) is 10.2 Å². The van der Waals surface area contributed by atoms with E-state index in [1.54, 1.807) is 16.7 Å². The molecule has 6 nitrogen and oxygen atoms in total. The first kappa shape index (κ1) is 16.6. The molecule has 120 valence electrons. The minimum Gasteiger partial charge on any atom is -0.445 e. The topological polar surface area (TPSA) is 78.9 Å². The van der Waals surface area contributed by atoms with Gasteiger partial charge in [0.25, 0.3) is 0 Å². The van der Waals surface area contributed by atoms with Gasteiger partial charge in [-0.15, -0.1) is 0 Å². The molecule has 7 heteroatoms. The van der Waals surface area contributed by atoms with Gasteiger partial charge in [-0.25, -0.2) is 4.79 Å². The van der Waals surface area contributed by atoms with Crippen LogP contribution in [0.25, 0.3) is 0 Å². The summed E-state index contributed by atoms with van der Waals surface area (Å²) in [7, 11) is 0. The number of aliphatic hydroxyl groups is 1. The first-order valence-corrected chi connectivity index (χ1v) is 8.29. The zero-order chi connectivity index (χ0) is 15.8. The lowest BCUT2D eigenvalue weighted by Gasteiger charge is -2.34.